The molecule has 4 nitrogen and oxygen atoms in total. The van der Waals surface area contributed by atoms with Crippen LogP contribution in [0.4, 0.5) is 5.82 Å². The van der Waals surface area contributed by atoms with Crippen molar-refractivity contribution in [2.75, 3.05) is 18.4 Å². The Morgan fingerprint density at radius 2 is 2.28 bits per heavy atom. The summed E-state index contributed by atoms with van der Waals surface area (Å²) in [5, 5.41) is 3.62. The molecule has 2 unspecified atom stereocenters. The monoisotopic (exact) mass is 246 g/mol. The van der Waals surface area contributed by atoms with Crippen LogP contribution in [0.3, 0.4) is 0 Å². The van der Waals surface area contributed by atoms with Crippen molar-refractivity contribution in [1.29, 1.82) is 0 Å². The summed E-state index contributed by atoms with van der Waals surface area (Å²) in [6.45, 7) is 4.71. The van der Waals surface area contributed by atoms with Crippen LogP contribution in [0.5, 0.6) is 0 Å². The van der Waals surface area contributed by atoms with Crippen molar-refractivity contribution in [2.24, 2.45) is 0 Å². The third-order valence-corrected chi connectivity index (χ3v) is 4.17. The Hall–Kier alpha value is -1.16. The van der Waals surface area contributed by atoms with Gasteiger partial charge in [0.25, 0.3) is 0 Å². The van der Waals surface area contributed by atoms with E-state index in [0.29, 0.717) is 6.04 Å². The number of anilines is 1. The van der Waals surface area contributed by atoms with Crippen molar-refractivity contribution in [3.63, 3.8) is 0 Å². The lowest BCUT2D eigenvalue weighted by Gasteiger charge is -2.21. The summed E-state index contributed by atoms with van der Waals surface area (Å²) in [5.74, 6) is 1.01. The fourth-order valence-corrected chi connectivity index (χ4v) is 3.31. The van der Waals surface area contributed by atoms with Crippen LogP contribution in [0.25, 0.3) is 0 Å². The molecule has 2 aliphatic heterocycles. The standard InChI is InChI=1S/C14H22N4/c1-2-4-11-9-14(16-10-15-11)17-12-6-8-18-7-3-5-13(12)18/h9-10,12-13H,2-8H2,1H3,(H,15,16,17). The van der Waals surface area contributed by atoms with Gasteiger partial charge >= 0.3 is 0 Å². The van der Waals surface area contributed by atoms with Crippen molar-refractivity contribution in [3.05, 3.63) is 18.1 Å². The maximum absolute atomic E-state index is 4.36. The summed E-state index contributed by atoms with van der Waals surface area (Å²) < 4.78 is 0. The Balaban J connectivity index is 1.67. The van der Waals surface area contributed by atoms with E-state index in [1.165, 1.54) is 32.4 Å². The van der Waals surface area contributed by atoms with E-state index in [1.807, 2.05) is 0 Å². The molecule has 1 aromatic heterocycles. The lowest BCUT2D eigenvalue weighted by molar-refractivity contribution is 0.318. The first kappa shape index (κ1) is 11.9. The third-order valence-electron chi connectivity index (χ3n) is 4.17. The van der Waals surface area contributed by atoms with E-state index >= 15 is 0 Å². The van der Waals surface area contributed by atoms with Gasteiger partial charge in [0.2, 0.25) is 0 Å². The molecule has 18 heavy (non-hydrogen) atoms. The number of nitrogens with zero attached hydrogens (tertiary/aromatic N) is 3. The van der Waals surface area contributed by atoms with E-state index in [-0.39, 0.29) is 0 Å². The zero-order chi connectivity index (χ0) is 12.4. The average molecular weight is 246 g/mol. The predicted octanol–water partition coefficient (Wildman–Crippen LogP) is 2.08. The van der Waals surface area contributed by atoms with Crippen molar-refractivity contribution in [3.8, 4) is 0 Å². The summed E-state index contributed by atoms with van der Waals surface area (Å²) in [4.78, 5) is 11.3. The van der Waals surface area contributed by atoms with Crippen molar-refractivity contribution in [2.45, 2.75) is 51.1 Å². The van der Waals surface area contributed by atoms with Gasteiger partial charge < -0.3 is 5.32 Å². The zero-order valence-electron chi connectivity index (χ0n) is 11.1. The predicted molar refractivity (Wildman–Crippen MR) is 72.6 cm³/mol. The number of hydrogen-bond acceptors (Lipinski definition) is 4. The highest BCUT2D eigenvalue weighted by molar-refractivity contribution is 5.37. The van der Waals surface area contributed by atoms with Crippen LogP contribution in [0.15, 0.2) is 12.4 Å². The number of aryl methyl sites for hydroxylation is 1. The van der Waals surface area contributed by atoms with Gasteiger partial charge in [0.15, 0.2) is 0 Å². The molecule has 0 saturated carbocycles. The molecule has 3 heterocycles. The molecule has 0 amide bonds. The van der Waals surface area contributed by atoms with E-state index in [9.17, 15) is 0 Å². The number of nitrogens with one attached hydrogen (secondary N) is 1. The molecular formula is C14H22N4. The molecular weight excluding hydrogens is 224 g/mol. The molecule has 4 heteroatoms. The maximum Gasteiger partial charge on any atom is 0.129 e. The number of rotatable bonds is 4. The molecule has 0 radical (unpaired) electrons. The molecule has 98 valence electrons. The first-order valence-corrected chi connectivity index (χ1v) is 7.18. The van der Waals surface area contributed by atoms with E-state index in [0.717, 1.165) is 30.4 Å². The molecule has 2 atom stereocenters. The van der Waals surface area contributed by atoms with E-state index in [2.05, 4.69) is 33.2 Å². The SMILES string of the molecule is CCCc1cc(NC2CCN3CCCC23)ncn1. The quantitative estimate of drug-likeness (QED) is 0.883. The van der Waals surface area contributed by atoms with Crippen LogP contribution in [0.1, 0.15) is 38.3 Å². The fraction of sp³-hybridized carbons (Fsp3) is 0.714. The number of aromatic nitrogens is 2. The third kappa shape index (κ3) is 2.34. The van der Waals surface area contributed by atoms with Gasteiger partial charge in [-0.3, -0.25) is 4.90 Å². The van der Waals surface area contributed by atoms with Crippen molar-refractivity contribution < 1.29 is 0 Å². The second-order valence-electron chi connectivity index (χ2n) is 5.43. The minimum absolute atomic E-state index is 0.580. The van der Waals surface area contributed by atoms with Gasteiger partial charge in [0, 0.05) is 30.4 Å². The molecule has 2 fully saturated rings. The first-order valence-electron chi connectivity index (χ1n) is 7.18. The van der Waals surface area contributed by atoms with Crippen LogP contribution >= 0.6 is 0 Å². The number of fused-ring (bicyclic) bond motifs is 1. The highest BCUT2D eigenvalue weighted by atomic mass is 15.2. The van der Waals surface area contributed by atoms with Crippen molar-refractivity contribution >= 4 is 5.82 Å². The second-order valence-corrected chi connectivity index (χ2v) is 5.43. The molecule has 2 aliphatic rings. The second kappa shape index (κ2) is 5.22. The normalized spacial score (nSPS) is 27.4. The van der Waals surface area contributed by atoms with Crippen LogP contribution in [-0.4, -0.2) is 40.0 Å². The molecule has 0 spiro atoms. The summed E-state index contributed by atoms with van der Waals surface area (Å²) in [5.41, 5.74) is 1.15. The minimum atomic E-state index is 0.580. The summed E-state index contributed by atoms with van der Waals surface area (Å²) >= 11 is 0. The Bertz CT molecular complexity index is 407. The highest BCUT2D eigenvalue weighted by Gasteiger charge is 2.37. The Labute approximate surface area is 109 Å². The smallest absolute Gasteiger partial charge is 0.129 e. The average Bonchev–Trinajstić information content (AvgIpc) is 2.95. The Morgan fingerprint density at radius 3 is 3.17 bits per heavy atom. The van der Waals surface area contributed by atoms with Crippen LogP contribution in [0, 0.1) is 0 Å². The lowest BCUT2D eigenvalue weighted by Crippen LogP contribution is -2.34. The molecule has 0 aromatic carbocycles. The Morgan fingerprint density at radius 1 is 1.33 bits per heavy atom. The van der Waals surface area contributed by atoms with Crippen LogP contribution < -0.4 is 5.32 Å². The summed E-state index contributed by atoms with van der Waals surface area (Å²) in [6, 6.07) is 3.42. The summed E-state index contributed by atoms with van der Waals surface area (Å²) in [7, 11) is 0. The topological polar surface area (TPSA) is 41.0 Å². The van der Waals surface area contributed by atoms with Crippen LogP contribution in [-0.2, 0) is 6.42 Å². The van der Waals surface area contributed by atoms with E-state index in [1.54, 1.807) is 6.33 Å². The maximum atomic E-state index is 4.36. The highest BCUT2D eigenvalue weighted by Crippen LogP contribution is 2.29. The fourth-order valence-electron chi connectivity index (χ4n) is 3.31. The molecule has 3 rings (SSSR count). The van der Waals surface area contributed by atoms with Gasteiger partial charge in [-0.15, -0.1) is 0 Å². The van der Waals surface area contributed by atoms with Gasteiger partial charge in [-0.05, 0) is 32.2 Å². The Kier molecular flexibility index (Phi) is 3.46. The molecule has 1 N–H and O–H groups in total. The summed E-state index contributed by atoms with van der Waals surface area (Å²) in [6.07, 6.45) is 7.80. The van der Waals surface area contributed by atoms with Gasteiger partial charge in [-0.2, -0.15) is 0 Å². The molecule has 0 aliphatic carbocycles. The minimum Gasteiger partial charge on any atom is -0.366 e. The molecule has 0 bridgehead atoms. The molecule has 2 saturated heterocycles. The first-order chi connectivity index (χ1) is 8.86. The molecule has 1 aromatic rings. The van der Waals surface area contributed by atoms with Gasteiger partial charge in [0.1, 0.15) is 12.1 Å². The van der Waals surface area contributed by atoms with Crippen LogP contribution in [0.2, 0.25) is 0 Å². The van der Waals surface area contributed by atoms with E-state index in [4.69, 9.17) is 0 Å². The lowest BCUT2D eigenvalue weighted by atomic mass is 10.1. The van der Waals surface area contributed by atoms with Gasteiger partial charge in [-0.1, -0.05) is 13.3 Å². The van der Waals surface area contributed by atoms with Gasteiger partial charge in [0.05, 0.1) is 0 Å². The van der Waals surface area contributed by atoms with Crippen molar-refractivity contribution in [1.82, 2.24) is 14.9 Å². The largest absolute Gasteiger partial charge is 0.366 e. The number of hydrogen-bond donors (Lipinski definition) is 1. The zero-order valence-corrected chi connectivity index (χ0v) is 11.1. The van der Waals surface area contributed by atoms with E-state index < -0.39 is 0 Å². The van der Waals surface area contributed by atoms with Gasteiger partial charge in [-0.25, -0.2) is 9.97 Å².